The highest BCUT2D eigenvalue weighted by Gasteiger charge is 2.37. The standard InChI is InChI=1S/C18H20N4O2S2/c23-16(13-2-1-4-19-13)22-6-3-11-8-14(26-18(11)22)17(24)21-9-12(10-21)15-20-5-7-25-15/h5,7-8,12-13,19H,1-4,6,9-10H2/t13-/m0/s1. The molecule has 0 radical (unpaired) electrons. The lowest BCUT2D eigenvalue weighted by Crippen LogP contribution is -2.48. The molecule has 6 nitrogen and oxygen atoms in total. The Kier molecular flexibility index (Phi) is 4.06. The van der Waals surface area contributed by atoms with Crippen LogP contribution in [0.4, 0.5) is 5.00 Å². The molecule has 2 saturated heterocycles. The minimum Gasteiger partial charge on any atom is -0.336 e. The number of likely N-dealkylation sites (tertiary alicyclic amines) is 1. The Hall–Kier alpha value is -1.77. The van der Waals surface area contributed by atoms with Gasteiger partial charge in [-0.2, -0.15) is 0 Å². The highest BCUT2D eigenvalue weighted by atomic mass is 32.1. The van der Waals surface area contributed by atoms with E-state index in [0.29, 0.717) is 5.92 Å². The van der Waals surface area contributed by atoms with E-state index in [1.54, 1.807) is 11.3 Å². The quantitative estimate of drug-likeness (QED) is 0.874. The van der Waals surface area contributed by atoms with Gasteiger partial charge < -0.3 is 15.1 Å². The molecule has 1 atom stereocenters. The van der Waals surface area contributed by atoms with Gasteiger partial charge in [0.25, 0.3) is 5.91 Å². The number of nitrogens with one attached hydrogen (secondary N) is 1. The van der Waals surface area contributed by atoms with E-state index in [0.717, 1.165) is 65.9 Å². The number of hydrogen-bond acceptors (Lipinski definition) is 6. The van der Waals surface area contributed by atoms with Crippen LogP contribution in [0, 0.1) is 0 Å². The summed E-state index contributed by atoms with van der Waals surface area (Å²) in [5.41, 5.74) is 1.14. The van der Waals surface area contributed by atoms with Crippen molar-refractivity contribution in [1.29, 1.82) is 0 Å². The Bertz CT molecular complexity index is 836. The minimum absolute atomic E-state index is 0.0587. The second-order valence-electron chi connectivity index (χ2n) is 7.11. The Morgan fingerprint density at radius 2 is 2.19 bits per heavy atom. The number of carbonyl (C=O) groups is 2. The number of anilines is 1. The maximum absolute atomic E-state index is 12.8. The molecule has 8 heteroatoms. The van der Waals surface area contributed by atoms with Crippen molar-refractivity contribution in [2.24, 2.45) is 0 Å². The van der Waals surface area contributed by atoms with Gasteiger partial charge in [0.2, 0.25) is 5.91 Å². The molecule has 5 rings (SSSR count). The normalized spacial score (nSPS) is 22.5. The van der Waals surface area contributed by atoms with E-state index < -0.39 is 0 Å². The van der Waals surface area contributed by atoms with Gasteiger partial charge in [0, 0.05) is 37.1 Å². The number of amides is 2. The second-order valence-corrected chi connectivity index (χ2v) is 9.06. The number of rotatable bonds is 3. The van der Waals surface area contributed by atoms with Gasteiger partial charge in [-0.25, -0.2) is 4.98 Å². The summed E-state index contributed by atoms with van der Waals surface area (Å²) in [6.45, 7) is 3.14. The molecule has 0 saturated carbocycles. The van der Waals surface area contributed by atoms with Crippen LogP contribution in [0.15, 0.2) is 17.6 Å². The van der Waals surface area contributed by atoms with E-state index in [-0.39, 0.29) is 17.9 Å². The Labute approximate surface area is 159 Å². The SMILES string of the molecule is O=C(c1cc2c(s1)N(C(=O)[C@@H]1CCCN1)CC2)N1CC(c2nccs2)C1. The summed E-state index contributed by atoms with van der Waals surface area (Å²) < 4.78 is 0. The van der Waals surface area contributed by atoms with Crippen LogP contribution in [0.3, 0.4) is 0 Å². The average Bonchev–Trinajstić information content (AvgIpc) is 3.35. The van der Waals surface area contributed by atoms with Gasteiger partial charge in [0.05, 0.1) is 15.9 Å². The second kappa shape index (κ2) is 6.44. The highest BCUT2D eigenvalue weighted by molar-refractivity contribution is 7.18. The molecule has 136 valence electrons. The van der Waals surface area contributed by atoms with Crippen molar-refractivity contribution in [2.45, 2.75) is 31.2 Å². The molecule has 26 heavy (non-hydrogen) atoms. The van der Waals surface area contributed by atoms with Crippen molar-refractivity contribution >= 4 is 39.5 Å². The topological polar surface area (TPSA) is 65.5 Å². The van der Waals surface area contributed by atoms with E-state index in [2.05, 4.69) is 10.3 Å². The van der Waals surface area contributed by atoms with Crippen LogP contribution in [0.25, 0.3) is 0 Å². The predicted octanol–water partition coefficient (Wildman–Crippen LogP) is 2.09. The summed E-state index contributed by atoms with van der Waals surface area (Å²) >= 11 is 3.13. The minimum atomic E-state index is -0.0587. The number of thiophene rings is 1. The third-order valence-corrected chi connectivity index (χ3v) is 7.57. The highest BCUT2D eigenvalue weighted by Crippen LogP contribution is 2.39. The summed E-state index contributed by atoms with van der Waals surface area (Å²) in [6, 6.07) is 1.94. The van der Waals surface area contributed by atoms with Crippen LogP contribution in [0.2, 0.25) is 0 Å². The third-order valence-electron chi connectivity index (χ3n) is 5.44. The molecule has 3 aliphatic rings. The van der Waals surface area contributed by atoms with Crippen molar-refractivity contribution < 1.29 is 9.59 Å². The zero-order valence-corrected chi connectivity index (χ0v) is 15.9. The lowest BCUT2D eigenvalue weighted by Gasteiger charge is -2.37. The third kappa shape index (κ3) is 2.67. The zero-order valence-electron chi connectivity index (χ0n) is 14.3. The number of fused-ring (bicyclic) bond motifs is 1. The summed E-state index contributed by atoms with van der Waals surface area (Å²) in [4.78, 5) is 34.4. The lowest BCUT2D eigenvalue weighted by molar-refractivity contribution is -0.120. The van der Waals surface area contributed by atoms with Gasteiger partial charge in [0.1, 0.15) is 5.00 Å². The Balaban J connectivity index is 1.28. The van der Waals surface area contributed by atoms with Crippen molar-refractivity contribution in [3.63, 3.8) is 0 Å². The van der Waals surface area contributed by atoms with Gasteiger partial charge in [0.15, 0.2) is 0 Å². The number of carbonyl (C=O) groups excluding carboxylic acids is 2. The smallest absolute Gasteiger partial charge is 0.264 e. The largest absolute Gasteiger partial charge is 0.336 e. The summed E-state index contributed by atoms with van der Waals surface area (Å²) in [7, 11) is 0. The predicted molar refractivity (Wildman–Crippen MR) is 102 cm³/mol. The molecule has 5 heterocycles. The van der Waals surface area contributed by atoms with Crippen LogP contribution in [0.5, 0.6) is 0 Å². The van der Waals surface area contributed by atoms with Crippen molar-refractivity contribution in [3.05, 3.63) is 33.1 Å². The molecule has 0 bridgehead atoms. The van der Waals surface area contributed by atoms with Crippen molar-refractivity contribution in [1.82, 2.24) is 15.2 Å². The first-order chi connectivity index (χ1) is 12.7. The first-order valence-corrected chi connectivity index (χ1v) is 10.8. The van der Waals surface area contributed by atoms with E-state index in [1.165, 1.54) is 11.3 Å². The summed E-state index contributed by atoms with van der Waals surface area (Å²) in [5.74, 6) is 0.621. The average molecular weight is 389 g/mol. The van der Waals surface area contributed by atoms with E-state index in [1.807, 2.05) is 27.4 Å². The molecule has 2 fully saturated rings. The maximum atomic E-state index is 12.8. The zero-order chi connectivity index (χ0) is 17.7. The number of hydrogen-bond donors (Lipinski definition) is 1. The first-order valence-electron chi connectivity index (χ1n) is 9.07. The van der Waals surface area contributed by atoms with Gasteiger partial charge in [-0.15, -0.1) is 22.7 Å². The molecule has 2 amide bonds. The fourth-order valence-corrected chi connectivity index (χ4v) is 5.89. The first kappa shape index (κ1) is 16.4. The molecule has 1 N–H and O–H groups in total. The monoisotopic (exact) mass is 388 g/mol. The molecule has 0 aromatic carbocycles. The molecule has 0 spiro atoms. The molecule has 3 aliphatic heterocycles. The van der Waals surface area contributed by atoms with Crippen LogP contribution >= 0.6 is 22.7 Å². The molecule has 0 unspecified atom stereocenters. The van der Waals surface area contributed by atoms with E-state index in [4.69, 9.17) is 0 Å². The molecule has 2 aromatic rings. The molecular weight excluding hydrogens is 368 g/mol. The summed E-state index contributed by atoms with van der Waals surface area (Å²) in [5, 5.41) is 7.35. The van der Waals surface area contributed by atoms with E-state index >= 15 is 0 Å². The van der Waals surface area contributed by atoms with Crippen LogP contribution in [-0.4, -0.2) is 53.9 Å². The van der Waals surface area contributed by atoms with Crippen LogP contribution < -0.4 is 10.2 Å². The van der Waals surface area contributed by atoms with Gasteiger partial charge in [-0.05, 0) is 37.4 Å². The van der Waals surface area contributed by atoms with Crippen LogP contribution in [0.1, 0.15) is 39.0 Å². The Morgan fingerprint density at radius 3 is 2.92 bits per heavy atom. The van der Waals surface area contributed by atoms with E-state index in [9.17, 15) is 9.59 Å². The Morgan fingerprint density at radius 1 is 1.31 bits per heavy atom. The molecular formula is C18H20N4O2S2. The van der Waals surface area contributed by atoms with Crippen molar-refractivity contribution in [2.75, 3.05) is 31.1 Å². The summed E-state index contributed by atoms with van der Waals surface area (Å²) in [6.07, 6.45) is 4.63. The lowest BCUT2D eigenvalue weighted by atomic mass is 10.0. The van der Waals surface area contributed by atoms with Gasteiger partial charge in [-0.3, -0.25) is 9.59 Å². The van der Waals surface area contributed by atoms with Crippen molar-refractivity contribution in [3.8, 4) is 0 Å². The fourth-order valence-electron chi connectivity index (χ4n) is 3.95. The van der Waals surface area contributed by atoms with Crippen LogP contribution in [-0.2, 0) is 11.2 Å². The van der Waals surface area contributed by atoms with Gasteiger partial charge in [-0.1, -0.05) is 0 Å². The number of aromatic nitrogens is 1. The van der Waals surface area contributed by atoms with Gasteiger partial charge >= 0.3 is 0 Å². The number of thiazole rings is 1. The molecule has 2 aromatic heterocycles. The number of nitrogens with zero attached hydrogens (tertiary/aromatic N) is 3. The maximum Gasteiger partial charge on any atom is 0.264 e. The fraction of sp³-hybridized carbons (Fsp3) is 0.500. The molecule has 0 aliphatic carbocycles.